The summed E-state index contributed by atoms with van der Waals surface area (Å²) >= 11 is 5.48. The lowest BCUT2D eigenvalue weighted by Crippen LogP contribution is -2.14. The first-order valence-corrected chi connectivity index (χ1v) is 36.6. The molecule has 0 bridgehead atoms. The number of fused-ring (bicyclic) bond motifs is 5. The average Bonchev–Trinajstić information content (AvgIpc) is 1.76. The van der Waals surface area contributed by atoms with Crippen molar-refractivity contribution in [1.82, 2.24) is 53.6 Å². The van der Waals surface area contributed by atoms with E-state index in [1.54, 1.807) is 18.3 Å². The SMILES string of the molecule is Fc1cccc(Br)c1C(F)(F)F.Nc1ncccc1O.O=c1ncn(Cc2c(F)cc(F)cc2F)c2ccc(O)cc12.O=c1ncn(Cc2c(F)cc(F)cc2F)c2ccc(Oc3cccc(-c4nc5ncccc5o4)c3C(F)(F)F)cc12.O=c1ncn(Cc2c(F)cc(F)cc2F)c2ccc(Oc3cccc(Br)c3C(F)(F)F)cc12.c1cnc2ocnc2c1. The van der Waals surface area contributed by atoms with Gasteiger partial charge in [-0.1, -0.05) is 50.1 Å². The van der Waals surface area contributed by atoms with Gasteiger partial charge in [-0.3, -0.25) is 14.4 Å². The Hall–Kier alpha value is -14.6. The molecule has 0 aliphatic carbocycles. The molecule has 4 N–H and O–H groups in total. The van der Waals surface area contributed by atoms with Crippen LogP contribution in [0.1, 0.15) is 33.4 Å². The molecule has 9 aromatic carbocycles. The normalized spacial score (nSPS) is 11.4. The number of nitrogen functional groups attached to an aromatic ring is 1. The number of nitrogens with two attached hydrogens (primary N) is 1. The van der Waals surface area contributed by atoms with Crippen LogP contribution in [0.25, 0.3) is 66.6 Å². The molecular formula is C83H47Br2F19N12O9. The van der Waals surface area contributed by atoms with Gasteiger partial charge in [-0.05, 0) is 127 Å². The van der Waals surface area contributed by atoms with Crippen molar-refractivity contribution in [2.75, 3.05) is 5.73 Å². The van der Waals surface area contributed by atoms with Gasteiger partial charge in [0.15, 0.2) is 29.2 Å². The third-order valence-electron chi connectivity index (χ3n) is 17.4. The number of hydrogen-bond donors (Lipinski definition) is 3. The molecule has 0 aliphatic heterocycles. The minimum absolute atomic E-state index is 0.0347. The van der Waals surface area contributed by atoms with Crippen molar-refractivity contribution in [2.24, 2.45) is 0 Å². The van der Waals surface area contributed by atoms with E-state index in [1.807, 2.05) is 12.1 Å². The van der Waals surface area contributed by atoms with Crippen molar-refractivity contribution in [3.05, 3.63) is 358 Å². The highest BCUT2D eigenvalue weighted by atomic mass is 79.9. The number of ether oxygens (including phenoxy) is 2. The maximum atomic E-state index is 14.3. The maximum absolute atomic E-state index is 14.3. The predicted molar refractivity (Wildman–Crippen MR) is 419 cm³/mol. The summed E-state index contributed by atoms with van der Waals surface area (Å²) in [6.07, 6.45) is -4.99. The number of oxazole rings is 2. The minimum atomic E-state index is -4.89. The van der Waals surface area contributed by atoms with Crippen molar-refractivity contribution < 1.29 is 112 Å². The van der Waals surface area contributed by atoms with Crippen LogP contribution < -0.4 is 31.9 Å². The summed E-state index contributed by atoms with van der Waals surface area (Å²) in [7, 11) is 0. The molecule has 125 heavy (non-hydrogen) atoms. The molecule has 17 rings (SSSR count). The average molecular weight is 1880 g/mol. The Labute approximate surface area is 702 Å². The molecule has 42 heteroatoms. The highest BCUT2D eigenvalue weighted by Crippen LogP contribution is 2.46. The van der Waals surface area contributed by atoms with Crippen molar-refractivity contribution in [1.29, 1.82) is 0 Å². The molecule has 0 aliphatic rings. The standard InChI is InChI=1S/C28H14F6N4O3.C22H11BrF6N2O2.C15H9F3N2O2.C7H3BrF4.C6H4N2O.C5H6N2O/c29-14-9-19(30)18(20(31)10-14)12-38-13-36-26(39)17-11-15(6-7-21(17)38)40-22-4-1-3-16(24(22)28(32,33)34)27-37-25-23(41-27)5-2-8-35-25;23-15-2-1-3-19(20(15)22(27,28)29)33-12-4-5-18-13(8-12)21(32)30-10-31(18)9-14-16(25)6-11(24)7-17(14)26;16-8-3-12(17)11(13(18)4-8)6-20-7-19-15(22)10-5-9(21)1-2-14(10)20;8-4-2-1-3-5(9)6(4)7(10,11)12;1-2-5-6(7-3-1)9-4-8-5;6-5-4(8)2-1-3-7-5/h1-11,13H,12H2;1-8,10H,9H2;1-5,7,21H,6H2;1-3H;1-4H;1-3,8H,(H2,6,7). The van der Waals surface area contributed by atoms with Gasteiger partial charge in [-0.25, -0.2) is 63.8 Å². The van der Waals surface area contributed by atoms with Gasteiger partial charge < -0.3 is 48.0 Å². The Bertz CT molecular complexity index is 6930. The van der Waals surface area contributed by atoms with E-state index in [0.29, 0.717) is 47.6 Å². The summed E-state index contributed by atoms with van der Waals surface area (Å²) in [5, 5.41) is 18.1. The third-order valence-corrected chi connectivity index (χ3v) is 18.7. The van der Waals surface area contributed by atoms with Crippen LogP contribution in [0.5, 0.6) is 34.5 Å². The molecule has 21 nitrogen and oxygen atoms in total. The molecule has 0 atom stereocenters. The Kier molecular flexibility index (Phi) is 27.1. The van der Waals surface area contributed by atoms with Gasteiger partial charge in [0.2, 0.25) is 11.6 Å². The summed E-state index contributed by atoms with van der Waals surface area (Å²) < 4.78 is 280. The molecule has 0 radical (unpaired) electrons. The van der Waals surface area contributed by atoms with Crippen molar-refractivity contribution >= 4 is 92.8 Å². The van der Waals surface area contributed by atoms with Crippen LogP contribution in [0, 0.1) is 58.2 Å². The van der Waals surface area contributed by atoms with E-state index < -0.39 is 146 Å². The first-order chi connectivity index (χ1) is 59.3. The molecule has 0 saturated carbocycles. The highest BCUT2D eigenvalue weighted by molar-refractivity contribution is 9.10. The summed E-state index contributed by atoms with van der Waals surface area (Å²) in [6.45, 7) is -1.13. The zero-order valence-electron chi connectivity index (χ0n) is 62.2. The fourth-order valence-electron chi connectivity index (χ4n) is 11.7. The van der Waals surface area contributed by atoms with Crippen LogP contribution in [0.4, 0.5) is 89.2 Å². The lowest BCUT2D eigenvalue weighted by atomic mass is 10.1. The molecule has 0 amide bonds. The number of nitrogens with zero attached hydrogens (tertiary/aromatic N) is 11. The van der Waals surface area contributed by atoms with Crippen LogP contribution in [-0.2, 0) is 38.2 Å². The lowest BCUT2D eigenvalue weighted by molar-refractivity contribution is -0.141. The number of halogens is 21. The number of alkyl halides is 9. The van der Waals surface area contributed by atoms with Gasteiger partial charge in [-0.15, -0.1) is 0 Å². The molecule has 0 fully saturated rings. The van der Waals surface area contributed by atoms with E-state index in [1.165, 1.54) is 123 Å². The van der Waals surface area contributed by atoms with Gasteiger partial charge in [0, 0.05) is 80.6 Å². The second-order valence-electron chi connectivity index (χ2n) is 25.7. The molecule has 8 heterocycles. The Morgan fingerprint density at radius 2 is 0.832 bits per heavy atom. The van der Waals surface area contributed by atoms with Gasteiger partial charge in [0.1, 0.15) is 109 Å². The van der Waals surface area contributed by atoms with Gasteiger partial charge in [-0.2, -0.15) is 59.4 Å². The van der Waals surface area contributed by atoms with Crippen LogP contribution in [-0.4, -0.2) is 63.8 Å². The summed E-state index contributed by atoms with van der Waals surface area (Å²) in [5.41, 5.74) is 0.404. The van der Waals surface area contributed by atoms with E-state index in [4.69, 9.17) is 29.1 Å². The van der Waals surface area contributed by atoms with Gasteiger partial charge >= 0.3 is 18.5 Å². The van der Waals surface area contributed by atoms with E-state index in [9.17, 15) is 103 Å². The van der Waals surface area contributed by atoms with Crippen LogP contribution >= 0.6 is 31.9 Å². The van der Waals surface area contributed by atoms with Crippen LogP contribution in [0.3, 0.4) is 0 Å². The van der Waals surface area contributed by atoms with Crippen molar-refractivity contribution in [3.8, 4) is 46.0 Å². The first-order valence-electron chi connectivity index (χ1n) is 35.0. The fraction of sp³-hybridized carbons (Fsp3) is 0.0723. The van der Waals surface area contributed by atoms with E-state index in [-0.39, 0.29) is 99.7 Å². The number of aromatic nitrogens is 11. The highest BCUT2D eigenvalue weighted by Gasteiger charge is 2.40. The largest absolute Gasteiger partial charge is 0.508 e. The monoisotopic (exact) mass is 1870 g/mol. The third kappa shape index (κ3) is 21.5. The molecule has 0 saturated heterocycles. The second-order valence-corrected chi connectivity index (χ2v) is 27.4. The summed E-state index contributed by atoms with van der Waals surface area (Å²) in [4.78, 5) is 66.9. The molecule has 0 spiro atoms. The number of rotatable bonds is 11. The second kappa shape index (κ2) is 37.8. The predicted octanol–water partition coefficient (Wildman–Crippen LogP) is 21.1. The molecule has 640 valence electrons. The zero-order valence-corrected chi connectivity index (χ0v) is 65.3. The number of anilines is 1. The van der Waals surface area contributed by atoms with E-state index in [0.717, 1.165) is 54.8 Å². The van der Waals surface area contributed by atoms with Gasteiger partial charge in [0.05, 0.1) is 76.9 Å². The lowest BCUT2D eigenvalue weighted by Gasteiger charge is -2.17. The van der Waals surface area contributed by atoms with Gasteiger partial charge in [0.25, 0.3) is 16.7 Å². The maximum Gasteiger partial charge on any atom is 0.421 e. The Morgan fingerprint density at radius 3 is 1.26 bits per heavy atom. The first kappa shape index (κ1) is 89.7. The Morgan fingerprint density at radius 1 is 0.416 bits per heavy atom. The zero-order chi connectivity index (χ0) is 90.1. The number of phenols is 1. The number of phenolic OH excluding ortho intramolecular Hbond substituents is 1. The molecular weight excluding hydrogens is 1830 g/mol. The Balaban J connectivity index is 0.000000150. The van der Waals surface area contributed by atoms with E-state index >= 15 is 0 Å². The summed E-state index contributed by atoms with van der Waals surface area (Å²) in [5.74, 6) is -12.5. The van der Waals surface area contributed by atoms with Crippen LogP contribution in [0.2, 0.25) is 0 Å². The quantitative estimate of drug-likeness (QED) is 0.101. The number of benzene rings is 9. The number of pyridine rings is 3. The van der Waals surface area contributed by atoms with E-state index in [2.05, 4.69) is 71.7 Å². The van der Waals surface area contributed by atoms with Crippen molar-refractivity contribution in [3.63, 3.8) is 0 Å². The summed E-state index contributed by atoms with van der Waals surface area (Å²) in [6, 6.07) is 35.1. The van der Waals surface area contributed by atoms with Crippen molar-refractivity contribution in [2.45, 2.75) is 38.2 Å². The molecule has 0 unspecified atom stereocenters. The molecule has 8 aromatic heterocycles. The topological polar surface area (TPSA) is 280 Å². The fourth-order valence-corrected chi connectivity index (χ4v) is 12.9. The van der Waals surface area contributed by atoms with Crippen LogP contribution in [0.15, 0.2) is 258 Å². The number of hydrogen-bond acceptors (Lipinski definition) is 18. The number of aromatic hydroxyl groups is 2. The smallest absolute Gasteiger partial charge is 0.421 e. The minimum Gasteiger partial charge on any atom is -0.508 e. The molecule has 17 aromatic rings.